The molecule has 1 aliphatic rings. The first-order valence-electron chi connectivity index (χ1n) is 8.37. The largest absolute Gasteiger partial charge is 0.342 e. The van der Waals surface area contributed by atoms with Gasteiger partial charge in [-0.3, -0.25) is 9.69 Å². The molecule has 1 unspecified atom stereocenters. The summed E-state index contributed by atoms with van der Waals surface area (Å²) in [5, 5.41) is 3.42. The molecule has 0 bridgehead atoms. The topological polar surface area (TPSA) is 35.6 Å². The highest BCUT2D eigenvalue weighted by atomic mass is 16.2. The third kappa shape index (κ3) is 6.23. The molecule has 4 heteroatoms. The normalized spacial score (nSPS) is 19.3. The lowest BCUT2D eigenvalue weighted by molar-refractivity contribution is -0.132. The van der Waals surface area contributed by atoms with Gasteiger partial charge in [0.15, 0.2) is 0 Å². The molecule has 1 amide bonds. The number of carbonyl (C=O) groups is 1. The van der Waals surface area contributed by atoms with Crippen molar-refractivity contribution in [3.8, 4) is 0 Å². The number of amides is 1. The van der Waals surface area contributed by atoms with Crippen LogP contribution in [0, 0.1) is 0 Å². The van der Waals surface area contributed by atoms with E-state index >= 15 is 0 Å². The minimum Gasteiger partial charge on any atom is -0.342 e. The number of likely N-dealkylation sites (N-methyl/N-ethyl adjacent to an activating group) is 1. The van der Waals surface area contributed by atoms with Crippen molar-refractivity contribution in [1.29, 1.82) is 0 Å². The van der Waals surface area contributed by atoms with E-state index in [-0.39, 0.29) is 0 Å². The maximum atomic E-state index is 12.5. The number of piperidine rings is 1. The summed E-state index contributed by atoms with van der Waals surface area (Å²) >= 11 is 0. The molecule has 1 fully saturated rings. The van der Waals surface area contributed by atoms with Crippen molar-refractivity contribution < 1.29 is 4.79 Å². The Morgan fingerprint density at radius 3 is 2.35 bits per heavy atom. The molecule has 1 heterocycles. The molecule has 1 atom stereocenters. The molecule has 0 aromatic rings. The zero-order valence-electron chi connectivity index (χ0n) is 13.7. The molecule has 0 aromatic heterocycles. The minimum atomic E-state index is 0.306. The quantitative estimate of drug-likeness (QED) is 0.704. The molecule has 0 saturated carbocycles. The van der Waals surface area contributed by atoms with Gasteiger partial charge >= 0.3 is 0 Å². The Kier molecular flexibility index (Phi) is 8.86. The van der Waals surface area contributed by atoms with Gasteiger partial charge in [-0.25, -0.2) is 0 Å². The molecule has 20 heavy (non-hydrogen) atoms. The van der Waals surface area contributed by atoms with Gasteiger partial charge in [-0.2, -0.15) is 0 Å². The monoisotopic (exact) mass is 283 g/mol. The fraction of sp³-hybridized carbons (Fsp3) is 0.938. The third-order valence-electron chi connectivity index (χ3n) is 4.19. The van der Waals surface area contributed by atoms with Crippen LogP contribution in [0.15, 0.2) is 0 Å². The first kappa shape index (κ1) is 17.4. The predicted octanol–water partition coefficient (Wildman–Crippen LogP) is 2.10. The van der Waals surface area contributed by atoms with Crippen LogP contribution in [0.1, 0.15) is 52.4 Å². The lowest BCUT2D eigenvalue weighted by Crippen LogP contribution is -2.48. The lowest BCUT2D eigenvalue weighted by atomic mass is 10.1. The molecule has 0 spiro atoms. The van der Waals surface area contributed by atoms with Crippen LogP contribution in [0.3, 0.4) is 0 Å². The van der Waals surface area contributed by atoms with Crippen LogP contribution in [0.25, 0.3) is 0 Å². The van der Waals surface area contributed by atoms with Crippen LogP contribution in [0.5, 0.6) is 0 Å². The summed E-state index contributed by atoms with van der Waals surface area (Å²) in [7, 11) is 2.09. The molecule has 1 aliphatic heterocycles. The summed E-state index contributed by atoms with van der Waals surface area (Å²) in [6.07, 6.45) is 6.96. The van der Waals surface area contributed by atoms with Crippen molar-refractivity contribution in [2.45, 2.75) is 58.4 Å². The average molecular weight is 283 g/mol. The van der Waals surface area contributed by atoms with E-state index in [4.69, 9.17) is 0 Å². The summed E-state index contributed by atoms with van der Waals surface area (Å²) in [5.41, 5.74) is 0. The van der Waals surface area contributed by atoms with Gasteiger partial charge in [-0.1, -0.05) is 26.7 Å². The second-order valence-corrected chi connectivity index (χ2v) is 6.00. The fourth-order valence-electron chi connectivity index (χ4n) is 2.71. The number of hydrogen-bond donors (Lipinski definition) is 1. The van der Waals surface area contributed by atoms with Gasteiger partial charge in [-0.05, 0) is 39.3 Å². The average Bonchev–Trinajstić information content (AvgIpc) is 2.48. The predicted molar refractivity (Wildman–Crippen MR) is 84.9 cm³/mol. The third-order valence-corrected chi connectivity index (χ3v) is 4.19. The van der Waals surface area contributed by atoms with Crippen molar-refractivity contribution in [2.24, 2.45) is 0 Å². The second-order valence-electron chi connectivity index (χ2n) is 6.00. The zero-order valence-corrected chi connectivity index (χ0v) is 13.7. The summed E-state index contributed by atoms with van der Waals surface area (Å²) in [5.74, 6) is 0.306. The van der Waals surface area contributed by atoms with E-state index in [0.29, 0.717) is 18.5 Å². The number of carbonyl (C=O) groups excluding carboxylic acids is 1. The van der Waals surface area contributed by atoms with Crippen LogP contribution in [-0.4, -0.2) is 61.5 Å². The van der Waals surface area contributed by atoms with E-state index in [1.54, 1.807) is 0 Å². The Morgan fingerprint density at radius 2 is 1.85 bits per heavy atom. The highest BCUT2D eigenvalue weighted by molar-refractivity contribution is 5.78. The molecule has 1 rings (SSSR count). The Bertz CT molecular complexity index is 256. The van der Waals surface area contributed by atoms with Crippen LogP contribution in [0.2, 0.25) is 0 Å². The maximum Gasteiger partial charge on any atom is 0.236 e. The Morgan fingerprint density at radius 1 is 1.20 bits per heavy atom. The van der Waals surface area contributed by atoms with Gasteiger partial charge in [0.1, 0.15) is 0 Å². The van der Waals surface area contributed by atoms with E-state index in [1.807, 2.05) is 0 Å². The van der Waals surface area contributed by atoms with Gasteiger partial charge in [0.25, 0.3) is 0 Å². The highest BCUT2D eigenvalue weighted by Crippen LogP contribution is 2.09. The van der Waals surface area contributed by atoms with Gasteiger partial charge < -0.3 is 10.2 Å². The van der Waals surface area contributed by atoms with Crippen LogP contribution >= 0.6 is 0 Å². The molecule has 4 nitrogen and oxygen atoms in total. The first-order chi connectivity index (χ1) is 9.69. The van der Waals surface area contributed by atoms with E-state index in [0.717, 1.165) is 51.9 Å². The number of nitrogens with one attached hydrogen (secondary N) is 1. The lowest BCUT2D eigenvalue weighted by Gasteiger charge is -2.33. The van der Waals surface area contributed by atoms with Gasteiger partial charge in [0, 0.05) is 25.7 Å². The van der Waals surface area contributed by atoms with Crippen molar-refractivity contribution in [3.05, 3.63) is 0 Å². The van der Waals surface area contributed by atoms with Crippen LogP contribution in [0.4, 0.5) is 0 Å². The van der Waals surface area contributed by atoms with Crippen molar-refractivity contribution in [3.63, 3.8) is 0 Å². The van der Waals surface area contributed by atoms with Crippen molar-refractivity contribution >= 4 is 5.91 Å². The molecule has 0 aromatic carbocycles. The molecular weight excluding hydrogens is 250 g/mol. The Hall–Kier alpha value is -0.610. The van der Waals surface area contributed by atoms with Crippen LogP contribution < -0.4 is 5.32 Å². The molecule has 0 aliphatic carbocycles. The number of hydrogen-bond acceptors (Lipinski definition) is 3. The molecule has 1 N–H and O–H groups in total. The Balaban J connectivity index is 2.41. The molecular formula is C16H33N3O. The SMILES string of the molecule is CCCCN(CCCC)C(=O)CN(C)C1CCCNC1. The number of unbranched alkanes of at least 4 members (excludes halogenated alkanes) is 2. The molecule has 0 radical (unpaired) electrons. The number of nitrogens with zero attached hydrogens (tertiary/aromatic N) is 2. The number of rotatable bonds is 9. The zero-order chi connectivity index (χ0) is 14.8. The standard InChI is InChI=1S/C16H33N3O/c1-4-6-11-19(12-7-5-2)16(20)14-18(3)15-9-8-10-17-13-15/h15,17H,4-14H2,1-3H3. The van der Waals surface area contributed by atoms with E-state index in [9.17, 15) is 4.79 Å². The Labute approximate surface area is 124 Å². The van der Waals surface area contributed by atoms with Crippen molar-refractivity contribution in [1.82, 2.24) is 15.1 Å². The highest BCUT2D eigenvalue weighted by Gasteiger charge is 2.21. The summed E-state index contributed by atoms with van der Waals surface area (Å²) < 4.78 is 0. The van der Waals surface area contributed by atoms with Gasteiger partial charge in [0.2, 0.25) is 5.91 Å². The van der Waals surface area contributed by atoms with Gasteiger partial charge in [0.05, 0.1) is 6.54 Å². The fourth-order valence-corrected chi connectivity index (χ4v) is 2.71. The maximum absolute atomic E-state index is 12.5. The second kappa shape index (κ2) is 10.2. The van der Waals surface area contributed by atoms with E-state index in [1.165, 1.54) is 12.8 Å². The molecule has 1 saturated heterocycles. The van der Waals surface area contributed by atoms with Crippen molar-refractivity contribution in [2.75, 3.05) is 39.8 Å². The first-order valence-corrected chi connectivity index (χ1v) is 8.37. The van der Waals surface area contributed by atoms with E-state index in [2.05, 4.69) is 36.0 Å². The van der Waals surface area contributed by atoms with Crippen LogP contribution in [-0.2, 0) is 4.79 Å². The smallest absolute Gasteiger partial charge is 0.236 e. The van der Waals surface area contributed by atoms with Gasteiger partial charge in [-0.15, -0.1) is 0 Å². The summed E-state index contributed by atoms with van der Waals surface area (Å²) in [4.78, 5) is 16.8. The summed E-state index contributed by atoms with van der Waals surface area (Å²) in [6.45, 7) is 8.92. The van der Waals surface area contributed by atoms with E-state index < -0.39 is 0 Å². The minimum absolute atomic E-state index is 0.306. The molecule has 118 valence electrons. The summed E-state index contributed by atoms with van der Waals surface area (Å²) in [6, 6.07) is 0.520.